The Kier molecular flexibility index (Phi) is 6.55. The normalized spacial score (nSPS) is 11.7. The molecule has 0 radical (unpaired) electrons. The topological polar surface area (TPSA) is 66.4 Å². The van der Waals surface area contributed by atoms with Crippen molar-refractivity contribution >= 4 is 11.9 Å². The Balaban J connectivity index is 1.82. The van der Waals surface area contributed by atoms with Gasteiger partial charge in [-0.2, -0.15) is 0 Å². The maximum Gasteiger partial charge on any atom is 0.308 e. The van der Waals surface area contributed by atoms with Gasteiger partial charge in [-0.1, -0.05) is 54.6 Å². The zero-order valence-corrected chi connectivity index (χ0v) is 13.9. The molecule has 0 aliphatic carbocycles. The van der Waals surface area contributed by atoms with E-state index >= 15 is 0 Å². The van der Waals surface area contributed by atoms with E-state index in [2.05, 4.69) is 5.32 Å². The molecule has 126 valence electrons. The van der Waals surface area contributed by atoms with Crippen molar-refractivity contribution in [2.75, 3.05) is 6.54 Å². The molecule has 0 aliphatic heterocycles. The van der Waals surface area contributed by atoms with Gasteiger partial charge in [0.15, 0.2) is 0 Å². The van der Waals surface area contributed by atoms with Crippen LogP contribution in [-0.2, 0) is 22.4 Å². The number of aliphatic carboxylic acids is 1. The minimum atomic E-state index is -0.891. The van der Waals surface area contributed by atoms with E-state index in [0.717, 1.165) is 16.7 Å². The van der Waals surface area contributed by atoms with Gasteiger partial charge in [-0.15, -0.1) is 0 Å². The van der Waals surface area contributed by atoms with Gasteiger partial charge < -0.3 is 10.4 Å². The number of amides is 1. The van der Waals surface area contributed by atoms with Gasteiger partial charge in [0.05, 0.1) is 5.92 Å². The van der Waals surface area contributed by atoms with Crippen LogP contribution >= 0.6 is 0 Å². The average Bonchev–Trinajstić information content (AvgIpc) is 2.58. The second kappa shape index (κ2) is 8.87. The molecule has 4 heteroatoms. The second-order valence-electron chi connectivity index (χ2n) is 5.96. The van der Waals surface area contributed by atoms with Gasteiger partial charge in [0.2, 0.25) is 5.91 Å². The molecule has 0 saturated heterocycles. The lowest BCUT2D eigenvalue weighted by Crippen LogP contribution is -2.34. The van der Waals surface area contributed by atoms with Gasteiger partial charge in [0, 0.05) is 13.0 Å². The first-order valence-electron chi connectivity index (χ1n) is 8.14. The number of carbonyl (C=O) groups is 2. The van der Waals surface area contributed by atoms with Gasteiger partial charge in [-0.25, -0.2) is 0 Å². The van der Waals surface area contributed by atoms with Crippen molar-refractivity contribution in [2.45, 2.75) is 26.2 Å². The molecule has 2 aromatic carbocycles. The van der Waals surface area contributed by atoms with E-state index in [0.29, 0.717) is 19.3 Å². The molecule has 0 spiro atoms. The number of benzene rings is 2. The van der Waals surface area contributed by atoms with Crippen molar-refractivity contribution in [3.63, 3.8) is 0 Å². The van der Waals surface area contributed by atoms with Gasteiger partial charge in [-0.3, -0.25) is 9.59 Å². The molecule has 0 fully saturated rings. The maximum absolute atomic E-state index is 12.0. The van der Waals surface area contributed by atoms with E-state index in [1.54, 1.807) is 0 Å². The predicted octanol–water partition coefficient (Wildman–Crippen LogP) is 2.99. The summed E-state index contributed by atoms with van der Waals surface area (Å²) in [4.78, 5) is 23.4. The second-order valence-corrected chi connectivity index (χ2v) is 5.96. The monoisotopic (exact) mass is 325 g/mol. The summed E-state index contributed by atoms with van der Waals surface area (Å²) < 4.78 is 0. The molecule has 2 aromatic rings. The summed E-state index contributed by atoms with van der Waals surface area (Å²) in [6.45, 7) is 2.17. The largest absolute Gasteiger partial charge is 0.481 e. The number of nitrogens with one attached hydrogen (secondary N) is 1. The van der Waals surface area contributed by atoms with Gasteiger partial charge >= 0.3 is 5.97 Å². The Morgan fingerprint density at radius 3 is 2.38 bits per heavy atom. The molecule has 24 heavy (non-hydrogen) atoms. The summed E-state index contributed by atoms with van der Waals surface area (Å²) in [6.07, 6.45) is 1.44. The average molecular weight is 325 g/mol. The van der Waals surface area contributed by atoms with Crippen molar-refractivity contribution in [1.82, 2.24) is 5.32 Å². The van der Waals surface area contributed by atoms with E-state index in [9.17, 15) is 14.7 Å². The smallest absolute Gasteiger partial charge is 0.308 e. The summed E-state index contributed by atoms with van der Waals surface area (Å²) in [6, 6.07) is 17.4. The van der Waals surface area contributed by atoms with E-state index in [-0.39, 0.29) is 12.5 Å². The van der Waals surface area contributed by atoms with Gasteiger partial charge in [-0.05, 0) is 36.5 Å². The summed E-state index contributed by atoms with van der Waals surface area (Å²) in [5, 5.41) is 12.1. The van der Waals surface area contributed by atoms with Gasteiger partial charge in [0.1, 0.15) is 0 Å². The minimum Gasteiger partial charge on any atom is -0.481 e. The standard InChI is InChI=1S/C20H23NO3/c1-15-7-5-6-10-17(15)11-12-19(22)21-14-18(20(23)24)13-16-8-3-2-4-9-16/h2-10,18H,11-14H2,1H3,(H,21,22)(H,23,24). The lowest BCUT2D eigenvalue weighted by atomic mass is 9.99. The quantitative estimate of drug-likeness (QED) is 0.784. The first kappa shape index (κ1) is 17.7. The summed E-state index contributed by atoms with van der Waals surface area (Å²) in [5.41, 5.74) is 3.27. The lowest BCUT2D eigenvalue weighted by Gasteiger charge is -2.14. The van der Waals surface area contributed by atoms with E-state index in [1.807, 2.05) is 61.5 Å². The van der Waals surface area contributed by atoms with Gasteiger partial charge in [0.25, 0.3) is 0 Å². The number of hydrogen-bond acceptors (Lipinski definition) is 2. The first-order chi connectivity index (χ1) is 11.6. The maximum atomic E-state index is 12.0. The van der Waals surface area contributed by atoms with Crippen LogP contribution in [0.15, 0.2) is 54.6 Å². The van der Waals surface area contributed by atoms with Crippen molar-refractivity contribution in [2.24, 2.45) is 5.92 Å². The summed E-state index contributed by atoms with van der Waals surface area (Å²) in [5.74, 6) is -1.62. The zero-order chi connectivity index (χ0) is 17.4. The Bertz CT molecular complexity index is 682. The lowest BCUT2D eigenvalue weighted by molar-refractivity contribution is -0.141. The molecule has 0 heterocycles. The van der Waals surface area contributed by atoms with E-state index in [1.165, 1.54) is 0 Å². The van der Waals surface area contributed by atoms with Crippen LogP contribution < -0.4 is 5.32 Å². The van der Waals surface area contributed by atoms with Crippen LogP contribution in [0.5, 0.6) is 0 Å². The third kappa shape index (κ3) is 5.54. The zero-order valence-electron chi connectivity index (χ0n) is 13.9. The molecular formula is C20H23NO3. The molecular weight excluding hydrogens is 302 g/mol. The molecule has 1 atom stereocenters. The van der Waals surface area contributed by atoms with Crippen LogP contribution in [0.4, 0.5) is 0 Å². The van der Waals surface area contributed by atoms with E-state index in [4.69, 9.17) is 0 Å². The Morgan fingerprint density at radius 1 is 1.04 bits per heavy atom. The van der Waals surface area contributed by atoms with E-state index < -0.39 is 11.9 Å². The van der Waals surface area contributed by atoms with Crippen molar-refractivity contribution in [1.29, 1.82) is 0 Å². The van der Waals surface area contributed by atoms with Crippen LogP contribution in [0.2, 0.25) is 0 Å². The molecule has 0 aromatic heterocycles. The number of carboxylic acids is 1. The molecule has 2 rings (SSSR count). The fourth-order valence-corrected chi connectivity index (χ4v) is 2.61. The van der Waals surface area contributed by atoms with Crippen LogP contribution in [0.25, 0.3) is 0 Å². The number of carboxylic acid groups (broad SMARTS) is 1. The predicted molar refractivity (Wildman–Crippen MR) is 93.8 cm³/mol. The van der Waals surface area contributed by atoms with Crippen LogP contribution in [0.1, 0.15) is 23.1 Å². The molecule has 1 unspecified atom stereocenters. The third-order valence-electron chi connectivity index (χ3n) is 4.10. The Hall–Kier alpha value is -2.62. The van der Waals surface area contributed by atoms with Crippen molar-refractivity contribution in [3.8, 4) is 0 Å². The van der Waals surface area contributed by atoms with Crippen LogP contribution in [0, 0.1) is 12.8 Å². The van der Waals surface area contributed by atoms with Crippen molar-refractivity contribution < 1.29 is 14.7 Å². The third-order valence-corrected chi connectivity index (χ3v) is 4.10. The Morgan fingerprint density at radius 2 is 1.71 bits per heavy atom. The summed E-state index contributed by atoms with van der Waals surface area (Å²) >= 11 is 0. The first-order valence-corrected chi connectivity index (χ1v) is 8.14. The van der Waals surface area contributed by atoms with Crippen molar-refractivity contribution in [3.05, 3.63) is 71.3 Å². The number of hydrogen-bond donors (Lipinski definition) is 2. The Labute approximate surface area is 142 Å². The number of carbonyl (C=O) groups excluding carboxylic acids is 1. The highest BCUT2D eigenvalue weighted by Gasteiger charge is 2.18. The fourth-order valence-electron chi connectivity index (χ4n) is 2.61. The minimum absolute atomic E-state index is 0.113. The highest BCUT2D eigenvalue weighted by molar-refractivity contribution is 5.77. The molecule has 4 nitrogen and oxygen atoms in total. The molecule has 1 amide bonds. The highest BCUT2D eigenvalue weighted by atomic mass is 16.4. The molecule has 0 aliphatic rings. The summed E-state index contributed by atoms with van der Waals surface area (Å²) in [7, 11) is 0. The molecule has 0 bridgehead atoms. The number of rotatable bonds is 8. The molecule has 0 saturated carbocycles. The number of aryl methyl sites for hydroxylation is 2. The fraction of sp³-hybridized carbons (Fsp3) is 0.300. The SMILES string of the molecule is Cc1ccccc1CCC(=O)NCC(Cc1ccccc1)C(=O)O. The van der Waals surface area contributed by atoms with Crippen LogP contribution in [-0.4, -0.2) is 23.5 Å². The van der Waals surface area contributed by atoms with Crippen LogP contribution in [0.3, 0.4) is 0 Å². The highest BCUT2D eigenvalue weighted by Crippen LogP contribution is 2.10. The molecule has 2 N–H and O–H groups in total.